The average Bonchev–Trinajstić information content (AvgIpc) is 3.08. The zero-order valence-corrected chi connectivity index (χ0v) is 27.1. The predicted molar refractivity (Wildman–Crippen MR) is 176 cm³/mol. The first-order valence-corrected chi connectivity index (χ1v) is 16.1. The molecule has 0 aromatic heterocycles. The molecule has 0 saturated carbocycles. The minimum Gasteiger partial charge on any atom is -0.379 e. The van der Waals surface area contributed by atoms with E-state index in [1.807, 2.05) is 43.0 Å². The summed E-state index contributed by atoms with van der Waals surface area (Å²) in [7, 11) is 0. The van der Waals surface area contributed by atoms with Gasteiger partial charge in [-0.1, -0.05) is 59.2 Å². The Kier molecular flexibility index (Phi) is 13.5. The first-order chi connectivity index (χ1) is 21.8. The molecule has 0 N–H and O–H groups in total. The minimum absolute atomic E-state index is 0.155. The van der Waals surface area contributed by atoms with Crippen LogP contribution in [-0.2, 0) is 16.0 Å². The standard InChI is InChI=1S/C13H17NO.C12H14FNO2.C12H17NO/c1-11-5-7-12(8-6-11)13(15)14-9-3-2-4-10-14;1-9-2-3-11(13)10(8-9)12(15)14-4-6-16-7-5-14;1-11-2-4-12(5-3-11)10-13-6-8-14-9-7-13/h5-8H,2-4,9-10H2,1H3;2-3,8H,4-7H2,1H3;2-5H,6-10H2,1H3. The van der Waals surface area contributed by atoms with Crippen molar-refractivity contribution in [3.05, 3.63) is 106 Å². The van der Waals surface area contributed by atoms with E-state index >= 15 is 0 Å². The van der Waals surface area contributed by atoms with E-state index in [1.165, 1.54) is 29.2 Å². The molecule has 3 fully saturated rings. The lowest BCUT2D eigenvalue weighted by Gasteiger charge is -2.27. The van der Waals surface area contributed by atoms with Crippen LogP contribution < -0.4 is 0 Å². The van der Waals surface area contributed by atoms with Crippen LogP contribution in [0.3, 0.4) is 0 Å². The SMILES string of the molecule is Cc1ccc(C(=O)N2CCCCC2)cc1.Cc1ccc(CN2CCOCC2)cc1.Cc1ccc(F)c(C(=O)N2CCOCC2)c1. The van der Waals surface area contributed by atoms with Crippen molar-refractivity contribution >= 4 is 11.8 Å². The van der Waals surface area contributed by atoms with Crippen molar-refractivity contribution in [1.82, 2.24) is 14.7 Å². The number of carbonyl (C=O) groups excluding carboxylic acids is 2. The summed E-state index contributed by atoms with van der Waals surface area (Å²) < 4.78 is 24.0. The molecule has 3 heterocycles. The predicted octanol–water partition coefficient (Wildman–Crippen LogP) is 6.05. The van der Waals surface area contributed by atoms with Crippen molar-refractivity contribution in [2.75, 3.05) is 65.7 Å². The molecule has 3 saturated heterocycles. The van der Waals surface area contributed by atoms with Crippen LogP contribution in [0.2, 0.25) is 0 Å². The molecule has 7 nitrogen and oxygen atoms in total. The van der Waals surface area contributed by atoms with Crippen LogP contribution in [0.5, 0.6) is 0 Å². The molecule has 0 atom stereocenters. The van der Waals surface area contributed by atoms with Crippen LogP contribution in [0.25, 0.3) is 0 Å². The zero-order chi connectivity index (χ0) is 32.0. The summed E-state index contributed by atoms with van der Waals surface area (Å²) in [4.78, 5) is 30.1. The quantitative estimate of drug-likeness (QED) is 0.357. The van der Waals surface area contributed by atoms with Gasteiger partial charge in [-0.2, -0.15) is 0 Å². The molecule has 0 radical (unpaired) electrons. The van der Waals surface area contributed by atoms with Gasteiger partial charge in [0.05, 0.1) is 32.0 Å². The molecule has 6 rings (SSSR count). The van der Waals surface area contributed by atoms with Gasteiger partial charge >= 0.3 is 0 Å². The topological polar surface area (TPSA) is 62.3 Å². The molecule has 2 amide bonds. The number of ether oxygens (including phenoxy) is 2. The Morgan fingerprint density at radius 3 is 1.73 bits per heavy atom. The van der Waals surface area contributed by atoms with Gasteiger partial charge in [0.15, 0.2) is 0 Å². The molecule has 3 aliphatic heterocycles. The fourth-order valence-electron chi connectivity index (χ4n) is 5.43. The number of nitrogens with zero attached hydrogens (tertiary/aromatic N) is 3. The number of aryl methyl sites for hydroxylation is 3. The third kappa shape index (κ3) is 11.1. The summed E-state index contributed by atoms with van der Waals surface area (Å²) in [6, 6.07) is 21.2. The van der Waals surface area contributed by atoms with Crippen molar-refractivity contribution in [3.8, 4) is 0 Å². The monoisotopic (exact) mass is 617 g/mol. The second kappa shape index (κ2) is 17.8. The maximum absolute atomic E-state index is 13.5. The Balaban J connectivity index is 0.000000154. The van der Waals surface area contributed by atoms with Crippen LogP contribution in [0, 0.1) is 26.6 Å². The first-order valence-electron chi connectivity index (χ1n) is 16.1. The van der Waals surface area contributed by atoms with Gasteiger partial charge in [-0.25, -0.2) is 4.39 Å². The van der Waals surface area contributed by atoms with Gasteiger partial charge < -0.3 is 19.3 Å². The lowest BCUT2D eigenvalue weighted by Crippen LogP contribution is -2.41. The van der Waals surface area contributed by atoms with E-state index in [1.54, 1.807) is 17.0 Å². The Labute approximate surface area is 267 Å². The summed E-state index contributed by atoms with van der Waals surface area (Å²) in [5, 5.41) is 0. The number of hydrogen-bond donors (Lipinski definition) is 0. The molecule has 0 spiro atoms. The van der Waals surface area contributed by atoms with Gasteiger partial charge in [-0.15, -0.1) is 0 Å². The highest BCUT2D eigenvalue weighted by atomic mass is 19.1. The number of hydrogen-bond acceptors (Lipinski definition) is 5. The molecule has 3 aliphatic rings. The van der Waals surface area contributed by atoms with Crippen molar-refractivity contribution < 1.29 is 23.5 Å². The summed E-state index contributed by atoms with van der Waals surface area (Å²) in [5.41, 5.74) is 5.79. The molecule has 0 aliphatic carbocycles. The van der Waals surface area contributed by atoms with Gasteiger partial charge in [0, 0.05) is 51.4 Å². The van der Waals surface area contributed by atoms with Crippen molar-refractivity contribution in [3.63, 3.8) is 0 Å². The lowest BCUT2D eigenvalue weighted by molar-refractivity contribution is 0.0299. The van der Waals surface area contributed by atoms with Gasteiger partial charge in [0.25, 0.3) is 11.8 Å². The van der Waals surface area contributed by atoms with E-state index in [4.69, 9.17) is 9.47 Å². The molecular formula is C37H48FN3O4. The Bertz CT molecular complexity index is 1350. The van der Waals surface area contributed by atoms with Gasteiger partial charge in [-0.3, -0.25) is 14.5 Å². The molecule has 242 valence electrons. The van der Waals surface area contributed by atoms with E-state index in [0.717, 1.165) is 69.9 Å². The third-order valence-corrected chi connectivity index (χ3v) is 8.22. The highest BCUT2D eigenvalue weighted by Gasteiger charge is 2.21. The Hall–Kier alpha value is -3.59. The van der Waals surface area contributed by atoms with E-state index in [2.05, 4.69) is 36.1 Å². The maximum atomic E-state index is 13.5. The van der Waals surface area contributed by atoms with E-state index in [0.29, 0.717) is 26.3 Å². The number of halogens is 1. The maximum Gasteiger partial charge on any atom is 0.256 e. The van der Waals surface area contributed by atoms with Gasteiger partial charge in [0.2, 0.25) is 0 Å². The minimum atomic E-state index is -0.456. The normalized spacial score (nSPS) is 17.0. The van der Waals surface area contributed by atoms with Crippen LogP contribution in [-0.4, -0.2) is 92.2 Å². The smallest absolute Gasteiger partial charge is 0.256 e. The van der Waals surface area contributed by atoms with Gasteiger partial charge in [-0.05, 0) is 69.9 Å². The number of morpholine rings is 2. The van der Waals surface area contributed by atoms with Crippen LogP contribution >= 0.6 is 0 Å². The van der Waals surface area contributed by atoms with Crippen molar-refractivity contribution in [2.45, 2.75) is 46.6 Å². The fraction of sp³-hybridized carbons (Fsp3) is 0.459. The molecule has 3 aromatic carbocycles. The molecule has 3 aromatic rings. The average molecular weight is 618 g/mol. The van der Waals surface area contributed by atoms with Crippen LogP contribution in [0.1, 0.15) is 62.2 Å². The number of benzene rings is 3. The Morgan fingerprint density at radius 2 is 1.13 bits per heavy atom. The van der Waals surface area contributed by atoms with Crippen LogP contribution in [0.15, 0.2) is 66.7 Å². The number of likely N-dealkylation sites (tertiary alicyclic amines) is 1. The van der Waals surface area contributed by atoms with Crippen molar-refractivity contribution in [1.29, 1.82) is 0 Å². The Morgan fingerprint density at radius 1 is 0.622 bits per heavy atom. The number of amides is 2. The van der Waals surface area contributed by atoms with Gasteiger partial charge in [0.1, 0.15) is 5.82 Å². The molecule has 0 unspecified atom stereocenters. The summed E-state index contributed by atoms with van der Waals surface area (Å²) in [5.74, 6) is -0.513. The van der Waals surface area contributed by atoms with E-state index in [9.17, 15) is 14.0 Å². The van der Waals surface area contributed by atoms with E-state index < -0.39 is 5.82 Å². The number of rotatable bonds is 4. The lowest BCUT2D eigenvalue weighted by atomic mass is 10.1. The molecule has 8 heteroatoms. The highest BCUT2D eigenvalue weighted by Crippen LogP contribution is 2.15. The van der Waals surface area contributed by atoms with E-state index in [-0.39, 0.29) is 17.4 Å². The molecule has 45 heavy (non-hydrogen) atoms. The summed E-state index contributed by atoms with van der Waals surface area (Å²) in [6.07, 6.45) is 3.56. The number of carbonyl (C=O) groups is 2. The zero-order valence-electron chi connectivity index (χ0n) is 27.1. The largest absolute Gasteiger partial charge is 0.379 e. The van der Waals surface area contributed by atoms with Crippen LogP contribution in [0.4, 0.5) is 4.39 Å². The summed E-state index contributed by atoms with van der Waals surface area (Å²) >= 11 is 0. The highest BCUT2D eigenvalue weighted by molar-refractivity contribution is 5.95. The molecular weight excluding hydrogens is 569 g/mol. The first kappa shape index (κ1) is 34.3. The second-order valence-electron chi connectivity index (χ2n) is 12.0. The fourth-order valence-corrected chi connectivity index (χ4v) is 5.43. The third-order valence-electron chi connectivity index (χ3n) is 8.22. The number of piperidine rings is 1. The second-order valence-corrected chi connectivity index (χ2v) is 12.0. The van der Waals surface area contributed by atoms with Crippen molar-refractivity contribution in [2.24, 2.45) is 0 Å². The summed E-state index contributed by atoms with van der Waals surface area (Å²) in [6.45, 7) is 14.9. The molecule has 0 bridgehead atoms.